The first-order chi connectivity index (χ1) is 17.5. The number of nitrogens with zero attached hydrogens (tertiary/aromatic N) is 3. The van der Waals surface area contributed by atoms with Crippen molar-refractivity contribution in [3.8, 4) is 5.69 Å². The van der Waals surface area contributed by atoms with Gasteiger partial charge in [-0.05, 0) is 78.5 Å². The van der Waals surface area contributed by atoms with Crippen molar-refractivity contribution in [3.05, 3.63) is 107 Å². The standard InChI is InChI=1S/C29H28FN5O/c1-29-15-20-16-33-35(24-11-9-23(30)10-12-24)27(20)14-22(29)8-7-21(29)13-25(19-5-3-2-4-6-19)34-28(36)26-17-31-18-32-26/h2-6,9-12,14,16-18,21,25H,7-8,13,15H2,1H3,(H,31,32)(H,34,36)/t21-,25?,29-/m1/s1. The van der Waals surface area contributed by atoms with Crippen molar-refractivity contribution in [2.75, 3.05) is 0 Å². The Morgan fingerprint density at radius 2 is 2.00 bits per heavy atom. The molecule has 0 spiro atoms. The topological polar surface area (TPSA) is 75.6 Å². The number of amides is 1. The summed E-state index contributed by atoms with van der Waals surface area (Å²) in [5, 5.41) is 7.89. The number of allylic oxidation sites excluding steroid dienone is 1. The van der Waals surface area contributed by atoms with Gasteiger partial charge in [0.2, 0.25) is 0 Å². The summed E-state index contributed by atoms with van der Waals surface area (Å²) in [6.07, 6.45) is 11.1. The smallest absolute Gasteiger partial charge is 0.269 e. The lowest BCUT2D eigenvalue weighted by Gasteiger charge is -2.37. The summed E-state index contributed by atoms with van der Waals surface area (Å²) in [5.74, 6) is 0.00189. The highest BCUT2D eigenvalue weighted by Gasteiger charge is 2.46. The van der Waals surface area contributed by atoms with Gasteiger partial charge in [-0.15, -0.1) is 0 Å². The molecule has 1 saturated carbocycles. The minimum absolute atomic E-state index is 0.00456. The molecule has 36 heavy (non-hydrogen) atoms. The Labute approximate surface area is 209 Å². The van der Waals surface area contributed by atoms with Crippen LogP contribution in [-0.2, 0) is 6.42 Å². The van der Waals surface area contributed by atoms with Crippen molar-refractivity contribution < 1.29 is 9.18 Å². The molecule has 2 N–H and O–H groups in total. The van der Waals surface area contributed by atoms with Gasteiger partial charge in [-0.3, -0.25) is 4.79 Å². The van der Waals surface area contributed by atoms with Gasteiger partial charge in [-0.2, -0.15) is 5.10 Å². The maximum atomic E-state index is 13.5. The Bertz CT molecular complexity index is 1410. The summed E-state index contributed by atoms with van der Waals surface area (Å²) in [6, 6.07) is 16.6. The largest absolute Gasteiger partial charge is 0.344 e. The van der Waals surface area contributed by atoms with Crippen LogP contribution in [0.15, 0.2) is 78.9 Å². The van der Waals surface area contributed by atoms with Crippen molar-refractivity contribution >= 4 is 12.0 Å². The summed E-state index contributed by atoms with van der Waals surface area (Å²) in [6.45, 7) is 2.35. The molecule has 0 aliphatic heterocycles. The van der Waals surface area contributed by atoms with E-state index in [-0.39, 0.29) is 23.2 Å². The predicted molar refractivity (Wildman–Crippen MR) is 136 cm³/mol. The molecule has 3 atom stereocenters. The van der Waals surface area contributed by atoms with Gasteiger partial charge < -0.3 is 10.3 Å². The summed E-state index contributed by atoms with van der Waals surface area (Å²) in [7, 11) is 0. The number of rotatable bonds is 6. The van der Waals surface area contributed by atoms with E-state index >= 15 is 0 Å². The van der Waals surface area contributed by atoms with Crippen molar-refractivity contribution in [1.29, 1.82) is 0 Å². The van der Waals surface area contributed by atoms with Crippen LogP contribution in [0.25, 0.3) is 11.8 Å². The summed E-state index contributed by atoms with van der Waals surface area (Å²) in [5.41, 5.74) is 6.14. The van der Waals surface area contributed by atoms with Crippen molar-refractivity contribution in [2.24, 2.45) is 11.3 Å². The number of carbonyl (C=O) groups is 1. The van der Waals surface area contributed by atoms with Gasteiger partial charge in [-0.1, -0.05) is 42.8 Å². The van der Waals surface area contributed by atoms with E-state index in [2.05, 4.69) is 45.5 Å². The first kappa shape index (κ1) is 22.5. The number of aromatic amines is 1. The van der Waals surface area contributed by atoms with E-state index in [0.29, 0.717) is 11.6 Å². The Morgan fingerprint density at radius 3 is 2.75 bits per heavy atom. The first-order valence-electron chi connectivity index (χ1n) is 12.4. The fourth-order valence-corrected chi connectivity index (χ4v) is 5.96. The lowest BCUT2D eigenvalue weighted by molar-refractivity contribution is 0.0919. The normalized spacial score (nSPS) is 21.4. The molecule has 2 heterocycles. The third kappa shape index (κ3) is 3.94. The van der Waals surface area contributed by atoms with E-state index in [1.807, 2.05) is 29.1 Å². The molecule has 2 aromatic carbocycles. The predicted octanol–water partition coefficient (Wildman–Crippen LogP) is 5.65. The lowest BCUT2D eigenvalue weighted by Crippen LogP contribution is -2.35. The molecule has 1 fully saturated rings. The molecular formula is C29H28FN5O. The van der Waals surface area contributed by atoms with Crippen LogP contribution in [0.2, 0.25) is 0 Å². The molecule has 0 radical (unpaired) electrons. The molecule has 2 aromatic heterocycles. The number of halogens is 1. The quantitative estimate of drug-likeness (QED) is 0.374. The van der Waals surface area contributed by atoms with Gasteiger partial charge in [0.15, 0.2) is 0 Å². The zero-order chi connectivity index (χ0) is 24.7. The van der Waals surface area contributed by atoms with E-state index < -0.39 is 0 Å². The molecule has 0 bridgehead atoms. The molecule has 6 nitrogen and oxygen atoms in total. The van der Waals surface area contributed by atoms with E-state index in [9.17, 15) is 9.18 Å². The molecule has 182 valence electrons. The molecule has 1 amide bonds. The number of carbonyl (C=O) groups excluding carboxylic acids is 1. The molecule has 0 saturated heterocycles. The second kappa shape index (κ2) is 8.90. The van der Waals surface area contributed by atoms with Gasteiger partial charge in [0.1, 0.15) is 11.5 Å². The fourth-order valence-electron chi connectivity index (χ4n) is 5.96. The van der Waals surface area contributed by atoms with Crippen molar-refractivity contribution in [2.45, 2.75) is 38.6 Å². The monoisotopic (exact) mass is 481 g/mol. The number of fused-ring (bicyclic) bond motifs is 2. The highest BCUT2D eigenvalue weighted by molar-refractivity contribution is 5.92. The second-order valence-electron chi connectivity index (χ2n) is 10.1. The van der Waals surface area contributed by atoms with E-state index in [1.165, 1.54) is 29.6 Å². The number of aromatic nitrogens is 4. The average molecular weight is 482 g/mol. The minimum Gasteiger partial charge on any atom is -0.344 e. The minimum atomic E-state index is -0.253. The van der Waals surface area contributed by atoms with Crippen molar-refractivity contribution in [1.82, 2.24) is 25.1 Å². The van der Waals surface area contributed by atoms with E-state index in [1.54, 1.807) is 18.3 Å². The summed E-state index contributed by atoms with van der Waals surface area (Å²) in [4.78, 5) is 19.8. The van der Waals surface area contributed by atoms with Crippen LogP contribution in [0.1, 0.15) is 59.5 Å². The van der Waals surface area contributed by atoms with Gasteiger partial charge >= 0.3 is 0 Å². The third-order valence-electron chi connectivity index (χ3n) is 7.99. The SMILES string of the molecule is C[C@]12Cc3cnn(-c4ccc(F)cc4)c3C=C1CC[C@@H]2CC(NC(=O)c1cnc[nH]1)c1ccccc1. The maximum absolute atomic E-state index is 13.5. The second-order valence-corrected chi connectivity index (χ2v) is 10.1. The fraction of sp³-hybridized carbons (Fsp3) is 0.276. The van der Waals surface area contributed by atoms with Crippen LogP contribution in [-0.4, -0.2) is 25.7 Å². The van der Waals surface area contributed by atoms with Crippen LogP contribution >= 0.6 is 0 Å². The molecular weight excluding hydrogens is 453 g/mol. The van der Waals surface area contributed by atoms with Gasteiger partial charge in [0.25, 0.3) is 5.91 Å². The Morgan fingerprint density at radius 1 is 1.19 bits per heavy atom. The Kier molecular flexibility index (Phi) is 5.55. The zero-order valence-electron chi connectivity index (χ0n) is 20.1. The van der Waals surface area contributed by atoms with E-state index in [0.717, 1.165) is 42.6 Å². The zero-order valence-corrected chi connectivity index (χ0v) is 20.1. The third-order valence-corrected chi connectivity index (χ3v) is 7.99. The number of benzene rings is 2. The Balaban J connectivity index is 1.28. The van der Waals surface area contributed by atoms with Crippen molar-refractivity contribution in [3.63, 3.8) is 0 Å². The van der Waals surface area contributed by atoms with Crippen LogP contribution < -0.4 is 5.32 Å². The molecule has 7 heteroatoms. The molecule has 6 rings (SSSR count). The summed E-state index contributed by atoms with van der Waals surface area (Å²) < 4.78 is 15.4. The molecule has 2 aliphatic rings. The Hall–Kier alpha value is -4.00. The van der Waals surface area contributed by atoms with Gasteiger partial charge in [-0.25, -0.2) is 14.1 Å². The molecule has 4 aromatic rings. The average Bonchev–Trinajstić information content (AvgIpc) is 3.63. The number of imidazole rings is 1. The highest BCUT2D eigenvalue weighted by Crippen LogP contribution is 2.55. The summed E-state index contributed by atoms with van der Waals surface area (Å²) >= 11 is 0. The van der Waals surface area contributed by atoms with Gasteiger partial charge in [0.05, 0.1) is 36.1 Å². The number of nitrogens with one attached hydrogen (secondary N) is 2. The molecule has 1 unspecified atom stereocenters. The van der Waals surface area contributed by atoms with E-state index in [4.69, 9.17) is 0 Å². The first-order valence-corrected chi connectivity index (χ1v) is 12.4. The lowest BCUT2D eigenvalue weighted by atomic mass is 9.68. The van der Waals surface area contributed by atoms with Gasteiger partial charge in [0, 0.05) is 0 Å². The van der Waals surface area contributed by atoms with Crippen LogP contribution in [0, 0.1) is 17.2 Å². The highest BCUT2D eigenvalue weighted by atomic mass is 19.1. The number of hydrogen-bond donors (Lipinski definition) is 2. The number of hydrogen-bond acceptors (Lipinski definition) is 3. The van der Waals surface area contributed by atoms with Crippen LogP contribution in [0.3, 0.4) is 0 Å². The molecule has 2 aliphatic carbocycles. The van der Waals surface area contributed by atoms with Crippen LogP contribution in [0.4, 0.5) is 4.39 Å². The number of H-pyrrole nitrogens is 1. The maximum Gasteiger partial charge on any atom is 0.269 e. The van der Waals surface area contributed by atoms with Crippen LogP contribution in [0.5, 0.6) is 0 Å².